The molecule has 22 heavy (non-hydrogen) atoms. The Bertz CT molecular complexity index is 494. The number of fused-ring (bicyclic) bond motifs is 2. The summed E-state index contributed by atoms with van der Waals surface area (Å²) in [5.74, 6) is 0. The maximum absolute atomic E-state index is 12.7. The molecule has 2 aliphatic heterocycles. The lowest BCUT2D eigenvalue weighted by Crippen LogP contribution is -2.48. The molecule has 4 unspecified atom stereocenters. The molecule has 2 heterocycles. The van der Waals surface area contributed by atoms with Crippen LogP contribution in [0.15, 0.2) is 30.3 Å². The molecule has 3 nitrogen and oxygen atoms in total. The third kappa shape index (κ3) is 3.45. The van der Waals surface area contributed by atoms with Crippen LogP contribution in [0, 0.1) is 0 Å². The first-order chi connectivity index (χ1) is 10.4. The summed E-state index contributed by atoms with van der Waals surface area (Å²) in [7, 11) is 0. The highest BCUT2D eigenvalue weighted by molar-refractivity contribution is 5.15. The Morgan fingerprint density at radius 1 is 1.23 bits per heavy atom. The van der Waals surface area contributed by atoms with Gasteiger partial charge in [0, 0.05) is 19.1 Å². The number of hydrogen-bond acceptors (Lipinski definition) is 3. The molecule has 0 aliphatic carbocycles. The van der Waals surface area contributed by atoms with Gasteiger partial charge in [0.2, 0.25) is 0 Å². The number of aliphatic hydroxyl groups is 1. The van der Waals surface area contributed by atoms with E-state index < -0.39 is 18.8 Å². The molecule has 4 atom stereocenters. The van der Waals surface area contributed by atoms with Crippen LogP contribution < -0.4 is 0 Å². The van der Waals surface area contributed by atoms with Crippen molar-refractivity contribution in [1.29, 1.82) is 0 Å². The van der Waals surface area contributed by atoms with Crippen molar-refractivity contribution in [2.75, 3.05) is 6.54 Å². The number of hydrogen-bond donors (Lipinski definition) is 1. The SMILES string of the molecule is OC(CN(Cc1ccccc1)C1CC2CCC1O2)C(F)(F)F. The van der Waals surface area contributed by atoms with Crippen LogP contribution in [0.1, 0.15) is 24.8 Å². The van der Waals surface area contributed by atoms with Crippen molar-refractivity contribution in [3.8, 4) is 0 Å². The molecule has 3 rings (SSSR count). The van der Waals surface area contributed by atoms with E-state index in [4.69, 9.17) is 4.74 Å². The fourth-order valence-electron chi connectivity index (χ4n) is 3.46. The molecule has 1 aromatic rings. The Hall–Kier alpha value is -1.11. The van der Waals surface area contributed by atoms with Gasteiger partial charge >= 0.3 is 6.18 Å². The lowest BCUT2D eigenvalue weighted by molar-refractivity contribution is -0.210. The summed E-state index contributed by atoms with van der Waals surface area (Å²) in [6.45, 7) is -0.0130. The first-order valence-electron chi connectivity index (χ1n) is 7.61. The molecule has 1 aromatic carbocycles. The molecular weight excluding hydrogens is 295 g/mol. The number of ether oxygens (including phenoxy) is 1. The Kier molecular flexibility index (Phi) is 4.43. The minimum absolute atomic E-state index is 0.00542. The molecule has 122 valence electrons. The Labute approximate surface area is 127 Å². The summed E-state index contributed by atoms with van der Waals surface area (Å²) < 4.78 is 43.9. The van der Waals surface area contributed by atoms with E-state index >= 15 is 0 Å². The van der Waals surface area contributed by atoms with Crippen molar-refractivity contribution in [2.45, 2.75) is 56.3 Å². The second-order valence-electron chi connectivity index (χ2n) is 6.15. The third-order valence-electron chi connectivity index (χ3n) is 4.56. The summed E-state index contributed by atoms with van der Waals surface area (Å²) in [6, 6.07) is 9.34. The Morgan fingerprint density at radius 2 is 1.95 bits per heavy atom. The lowest BCUT2D eigenvalue weighted by Gasteiger charge is -2.34. The van der Waals surface area contributed by atoms with E-state index in [0.717, 1.165) is 24.8 Å². The van der Waals surface area contributed by atoms with Gasteiger partial charge in [-0.1, -0.05) is 30.3 Å². The molecule has 2 aliphatic rings. The topological polar surface area (TPSA) is 32.7 Å². The molecule has 0 amide bonds. The highest BCUT2D eigenvalue weighted by Crippen LogP contribution is 2.38. The van der Waals surface area contributed by atoms with Crippen molar-refractivity contribution < 1.29 is 23.0 Å². The van der Waals surface area contributed by atoms with Crippen molar-refractivity contribution >= 4 is 0 Å². The van der Waals surface area contributed by atoms with Crippen LogP contribution >= 0.6 is 0 Å². The Morgan fingerprint density at radius 3 is 2.50 bits per heavy atom. The van der Waals surface area contributed by atoms with E-state index in [-0.39, 0.29) is 18.2 Å². The smallest absolute Gasteiger partial charge is 0.382 e. The quantitative estimate of drug-likeness (QED) is 0.907. The van der Waals surface area contributed by atoms with Crippen molar-refractivity contribution in [3.63, 3.8) is 0 Å². The standard InChI is InChI=1S/C16H20F3NO2/c17-16(18,19)15(21)10-20(9-11-4-2-1-3-5-11)13-8-12-6-7-14(13)22-12/h1-5,12-15,21H,6-10H2. The molecule has 2 bridgehead atoms. The van der Waals surface area contributed by atoms with Gasteiger partial charge < -0.3 is 9.84 Å². The van der Waals surface area contributed by atoms with Crippen molar-refractivity contribution in [2.24, 2.45) is 0 Å². The molecule has 0 aromatic heterocycles. The van der Waals surface area contributed by atoms with Gasteiger partial charge in [0.05, 0.1) is 12.2 Å². The van der Waals surface area contributed by atoms with E-state index in [9.17, 15) is 18.3 Å². The zero-order chi connectivity index (χ0) is 15.7. The summed E-state index contributed by atoms with van der Waals surface area (Å²) in [6.07, 6.45) is -4.12. The zero-order valence-corrected chi connectivity index (χ0v) is 12.2. The van der Waals surface area contributed by atoms with Crippen LogP contribution in [-0.4, -0.2) is 47.1 Å². The first-order valence-corrected chi connectivity index (χ1v) is 7.61. The van der Waals surface area contributed by atoms with Crippen LogP contribution in [0.4, 0.5) is 13.2 Å². The predicted octanol–water partition coefficient (Wildman–Crippen LogP) is 2.73. The number of halogens is 3. The maximum Gasteiger partial charge on any atom is 0.415 e. The van der Waals surface area contributed by atoms with Gasteiger partial charge in [-0.15, -0.1) is 0 Å². The number of nitrogens with zero attached hydrogens (tertiary/aromatic N) is 1. The number of alkyl halides is 3. The summed E-state index contributed by atoms with van der Waals surface area (Å²) in [5, 5.41) is 9.46. The monoisotopic (exact) mass is 315 g/mol. The van der Waals surface area contributed by atoms with Crippen LogP contribution in [0.25, 0.3) is 0 Å². The summed E-state index contributed by atoms with van der Waals surface area (Å²) >= 11 is 0. The van der Waals surface area contributed by atoms with Crippen molar-refractivity contribution in [3.05, 3.63) is 35.9 Å². The minimum Gasteiger partial charge on any atom is -0.382 e. The third-order valence-corrected chi connectivity index (χ3v) is 4.56. The lowest BCUT2D eigenvalue weighted by atomic mass is 9.93. The van der Waals surface area contributed by atoms with Gasteiger partial charge in [0.25, 0.3) is 0 Å². The van der Waals surface area contributed by atoms with Gasteiger partial charge in [-0.25, -0.2) is 0 Å². The maximum atomic E-state index is 12.7. The Balaban J connectivity index is 1.73. The molecule has 2 saturated heterocycles. The van der Waals surface area contributed by atoms with Gasteiger partial charge in [-0.2, -0.15) is 13.2 Å². The fraction of sp³-hybridized carbons (Fsp3) is 0.625. The van der Waals surface area contributed by atoms with Gasteiger partial charge in [-0.3, -0.25) is 4.90 Å². The second kappa shape index (κ2) is 6.18. The highest BCUT2D eigenvalue weighted by Gasteiger charge is 2.46. The highest BCUT2D eigenvalue weighted by atomic mass is 19.4. The van der Waals surface area contributed by atoms with E-state index in [2.05, 4.69) is 0 Å². The average molecular weight is 315 g/mol. The van der Waals surface area contributed by atoms with Crippen molar-refractivity contribution in [1.82, 2.24) is 4.90 Å². The number of benzene rings is 1. The number of aliphatic hydroxyl groups excluding tert-OH is 1. The van der Waals surface area contributed by atoms with Gasteiger partial charge in [-0.05, 0) is 24.8 Å². The number of rotatable bonds is 5. The molecule has 0 radical (unpaired) electrons. The van der Waals surface area contributed by atoms with Crippen LogP contribution in [0.5, 0.6) is 0 Å². The van der Waals surface area contributed by atoms with Crippen LogP contribution in [0.2, 0.25) is 0 Å². The zero-order valence-electron chi connectivity index (χ0n) is 12.2. The predicted molar refractivity (Wildman–Crippen MR) is 75.2 cm³/mol. The summed E-state index contributed by atoms with van der Waals surface area (Å²) in [4.78, 5) is 1.73. The fourth-order valence-corrected chi connectivity index (χ4v) is 3.46. The normalized spacial score (nSPS) is 29.2. The van der Waals surface area contributed by atoms with Gasteiger partial charge in [0.15, 0.2) is 6.10 Å². The van der Waals surface area contributed by atoms with E-state index in [1.807, 2.05) is 30.3 Å². The largest absolute Gasteiger partial charge is 0.415 e. The summed E-state index contributed by atoms with van der Waals surface area (Å²) in [5.41, 5.74) is 0.944. The molecule has 0 saturated carbocycles. The second-order valence-corrected chi connectivity index (χ2v) is 6.15. The van der Waals surface area contributed by atoms with E-state index in [0.29, 0.717) is 6.54 Å². The van der Waals surface area contributed by atoms with E-state index in [1.165, 1.54) is 0 Å². The first kappa shape index (κ1) is 15.8. The molecule has 2 fully saturated rings. The average Bonchev–Trinajstić information content (AvgIpc) is 3.09. The minimum atomic E-state index is -4.59. The van der Waals surface area contributed by atoms with E-state index in [1.54, 1.807) is 4.90 Å². The van der Waals surface area contributed by atoms with Crippen LogP contribution in [-0.2, 0) is 11.3 Å². The molecular formula is C16H20F3NO2. The molecule has 6 heteroatoms. The van der Waals surface area contributed by atoms with Gasteiger partial charge in [0.1, 0.15) is 0 Å². The van der Waals surface area contributed by atoms with Crippen LogP contribution in [0.3, 0.4) is 0 Å². The molecule has 0 spiro atoms. The molecule has 1 N–H and O–H groups in total.